The number of amides is 1. The van der Waals surface area contributed by atoms with E-state index in [-0.39, 0.29) is 24.4 Å². The second kappa shape index (κ2) is 12.5. The number of likely N-dealkylation sites (N-methyl/N-ethyl adjacent to an activating group) is 1. The van der Waals surface area contributed by atoms with Crippen LogP contribution in [-0.4, -0.2) is 89.7 Å². The van der Waals surface area contributed by atoms with E-state index in [1.807, 2.05) is 29.2 Å². The number of rotatable bonds is 4. The molecule has 1 aromatic heterocycles. The first-order chi connectivity index (χ1) is 15.9. The Morgan fingerprint density at radius 1 is 1.15 bits per heavy atom. The van der Waals surface area contributed by atoms with Crippen LogP contribution in [0.25, 0.3) is 0 Å². The van der Waals surface area contributed by atoms with Crippen LogP contribution in [0.1, 0.15) is 12.0 Å². The Labute approximate surface area is 193 Å². The molecular formula is C23H30N4O6. The van der Waals surface area contributed by atoms with Crippen molar-refractivity contribution in [3.05, 3.63) is 54.4 Å². The zero-order valence-corrected chi connectivity index (χ0v) is 18.8. The van der Waals surface area contributed by atoms with Crippen molar-refractivity contribution in [1.29, 1.82) is 0 Å². The zero-order valence-electron chi connectivity index (χ0n) is 18.8. The molecule has 33 heavy (non-hydrogen) atoms. The van der Waals surface area contributed by atoms with E-state index in [9.17, 15) is 4.79 Å². The number of anilines is 1. The van der Waals surface area contributed by atoms with Crippen molar-refractivity contribution in [3.8, 4) is 5.75 Å². The van der Waals surface area contributed by atoms with Gasteiger partial charge in [-0.3, -0.25) is 29.2 Å². The summed E-state index contributed by atoms with van der Waals surface area (Å²) in [5, 5.41) is 13.8. The third-order valence-corrected chi connectivity index (χ3v) is 5.84. The number of hydrogen-bond donors (Lipinski definition) is 2. The van der Waals surface area contributed by atoms with Gasteiger partial charge in [-0.25, -0.2) is 0 Å². The zero-order chi connectivity index (χ0) is 24.3. The second-order valence-corrected chi connectivity index (χ2v) is 7.79. The Kier molecular flexibility index (Phi) is 9.77. The molecule has 10 nitrogen and oxygen atoms in total. The van der Waals surface area contributed by atoms with Gasteiger partial charge < -0.3 is 19.8 Å². The molecule has 0 radical (unpaired) electrons. The number of hydrogen-bond acceptors (Lipinski definition) is 7. The first-order valence-corrected chi connectivity index (χ1v) is 10.4. The Hall–Kier alpha value is -3.50. The smallest absolute Gasteiger partial charge is 0.290 e. The highest BCUT2D eigenvalue weighted by Crippen LogP contribution is 2.34. The van der Waals surface area contributed by atoms with Crippen molar-refractivity contribution in [3.63, 3.8) is 0 Å². The molecule has 0 bridgehead atoms. The number of ether oxygens (including phenoxy) is 1. The normalized spacial score (nSPS) is 20.3. The number of nitrogens with zero attached hydrogens (tertiary/aromatic N) is 4. The topological polar surface area (TPSA) is 124 Å². The summed E-state index contributed by atoms with van der Waals surface area (Å²) in [6.07, 6.45) is 4.57. The average molecular weight is 459 g/mol. The number of pyridine rings is 1. The van der Waals surface area contributed by atoms with E-state index in [1.54, 1.807) is 19.5 Å². The van der Waals surface area contributed by atoms with Gasteiger partial charge in [0, 0.05) is 32.4 Å². The molecule has 1 atom stereocenters. The highest BCUT2D eigenvalue weighted by atomic mass is 16.5. The molecule has 10 heteroatoms. The van der Waals surface area contributed by atoms with Crippen LogP contribution in [-0.2, 0) is 20.9 Å². The predicted octanol–water partition coefficient (Wildman–Crippen LogP) is 1.41. The van der Waals surface area contributed by atoms with Crippen molar-refractivity contribution in [2.24, 2.45) is 0 Å². The minimum absolute atomic E-state index is 0.0113. The van der Waals surface area contributed by atoms with Crippen LogP contribution in [0.4, 0.5) is 5.69 Å². The third-order valence-electron chi connectivity index (χ3n) is 5.84. The van der Waals surface area contributed by atoms with Gasteiger partial charge in [-0.1, -0.05) is 12.1 Å². The highest BCUT2D eigenvalue weighted by Gasteiger charge is 2.47. The standard InChI is InChI=1S/C21H26N4O2.2CH2O2/c1-23-14-20(26)25(18-6-4-9-22-12-18)16-21(23)8-10-24(15-21)13-17-5-3-7-19(11-17)27-2;2*2-1-3/h3-7,9,11-12H,8,10,13-16H2,1-2H3;2*1H,(H,2,3). The van der Waals surface area contributed by atoms with Gasteiger partial charge in [0.2, 0.25) is 5.91 Å². The fourth-order valence-corrected chi connectivity index (χ4v) is 4.25. The summed E-state index contributed by atoms with van der Waals surface area (Å²) in [6.45, 7) is 3.53. The van der Waals surface area contributed by atoms with Crippen molar-refractivity contribution >= 4 is 24.5 Å². The van der Waals surface area contributed by atoms with Gasteiger partial charge in [0.25, 0.3) is 12.9 Å². The molecule has 2 fully saturated rings. The number of likely N-dealkylation sites (tertiary alicyclic amines) is 1. The van der Waals surface area contributed by atoms with Crippen LogP contribution in [0.3, 0.4) is 0 Å². The number of aromatic nitrogens is 1. The van der Waals surface area contributed by atoms with Gasteiger partial charge in [0.15, 0.2) is 0 Å². The van der Waals surface area contributed by atoms with E-state index in [1.165, 1.54) is 5.56 Å². The van der Waals surface area contributed by atoms with Crippen molar-refractivity contribution in [2.45, 2.75) is 18.5 Å². The first kappa shape index (κ1) is 25.8. The maximum absolute atomic E-state index is 12.6. The Bertz CT molecular complexity index is 907. The molecule has 1 spiro atoms. The molecule has 4 rings (SSSR count). The molecule has 1 unspecified atom stereocenters. The van der Waals surface area contributed by atoms with Gasteiger partial charge in [-0.05, 0) is 43.3 Å². The van der Waals surface area contributed by atoms with E-state index in [0.29, 0.717) is 13.1 Å². The number of piperazine rings is 1. The Morgan fingerprint density at radius 2 is 1.88 bits per heavy atom. The fraction of sp³-hybridized carbons (Fsp3) is 0.391. The molecule has 1 aromatic carbocycles. The fourth-order valence-electron chi connectivity index (χ4n) is 4.25. The highest BCUT2D eigenvalue weighted by molar-refractivity contribution is 5.95. The summed E-state index contributed by atoms with van der Waals surface area (Å²) in [4.78, 5) is 40.1. The molecule has 3 heterocycles. The van der Waals surface area contributed by atoms with Gasteiger partial charge >= 0.3 is 0 Å². The van der Waals surface area contributed by atoms with E-state index in [0.717, 1.165) is 37.5 Å². The number of carbonyl (C=O) groups excluding carboxylic acids is 1. The van der Waals surface area contributed by atoms with E-state index in [4.69, 9.17) is 24.5 Å². The van der Waals surface area contributed by atoms with Crippen LogP contribution in [0.5, 0.6) is 5.75 Å². The summed E-state index contributed by atoms with van der Waals surface area (Å²) < 4.78 is 5.34. The van der Waals surface area contributed by atoms with Crippen LogP contribution < -0.4 is 9.64 Å². The Balaban J connectivity index is 0.000000582. The van der Waals surface area contributed by atoms with Crippen molar-refractivity contribution < 1.29 is 29.3 Å². The number of carboxylic acid groups (broad SMARTS) is 2. The second-order valence-electron chi connectivity index (χ2n) is 7.79. The van der Waals surface area contributed by atoms with Gasteiger partial charge in [0.05, 0.1) is 31.1 Å². The summed E-state index contributed by atoms with van der Waals surface area (Å²) in [6, 6.07) is 12.1. The van der Waals surface area contributed by atoms with E-state index in [2.05, 4.69) is 34.0 Å². The molecule has 2 aliphatic heterocycles. The number of benzene rings is 1. The summed E-state index contributed by atoms with van der Waals surface area (Å²) in [5.74, 6) is 1.03. The minimum atomic E-state index is -0.250. The molecule has 2 aromatic rings. The van der Waals surface area contributed by atoms with Crippen molar-refractivity contribution in [1.82, 2.24) is 14.8 Å². The van der Waals surface area contributed by atoms with Gasteiger partial charge in [-0.2, -0.15) is 0 Å². The van der Waals surface area contributed by atoms with Crippen molar-refractivity contribution in [2.75, 3.05) is 45.2 Å². The number of methoxy groups -OCH3 is 1. The number of carbonyl (C=O) groups is 3. The summed E-state index contributed by atoms with van der Waals surface area (Å²) in [5.41, 5.74) is 2.13. The van der Waals surface area contributed by atoms with E-state index < -0.39 is 0 Å². The lowest BCUT2D eigenvalue weighted by Gasteiger charge is -2.46. The summed E-state index contributed by atoms with van der Waals surface area (Å²) >= 11 is 0. The molecular weight excluding hydrogens is 428 g/mol. The molecule has 0 aliphatic carbocycles. The predicted molar refractivity (Wildman–Crippen MR) is 122 cm³/mol. The van der Waals surface area contributed by atoms with E-state index >= 15 is 0 Å². The van der Waals surface area contributed by atoms with Crippen LogP contribution >= 0.6 is 0 Å². The molecule has 2 saturated heterocycles. The third kappa shape index (κ3) is 6.74. The average Bonchev–Trinajstić information content (AvgIpc) is 3.22. The maximum atomic E-state index is 12.6. The van der Waals surface area contributed by atoms with Crippen LogP contribution in [0.2, 0.25) is 0 Å². The SMILES string of the molecule is COc1cccc(CN2CCC3(C2)CN(c2cccnc2)C(=O)CN3C)c1.O=CO.O=CO. The summed E-state index contributed by atoms with van der Waals surface area (Å²) in [7, 11) is 3.78. The molecule has 2 aliphatic rings. The van der Waals surface area contributed by atoms with Crippen LogP contribution in [0, 0.1) is 0 Å². The molecule has 178 valence electrons. The van der Waals surface area contributed by atoms with Crippen LogP contribution in [0.15, 0.2) is 48.8 Å². The first-order valence-electron chi connectivity index (χ1n) is 10.4. The largest absolute Gasteiger partial charge is 0.497 e. The molecule has 0 saturated carbocycles. The maximum Gasteiger partial charge on any atom is 0.290 e. The molecule has 2 N–H and O–H groups in total. The van der Waals surface area contributed by atoms with Gasteiger partial charge in [-0.15, -0.1) is 0 Å². The quantitative estimate of drug-likeness (QED) is 0.655. The van der Waals surface area contributed by atoms with Gasteiger partial charge in [0.1, 0.15) is 5.75 Å². The molecule has 1 amide bonds. The lowest BCUT2D eigenvalue weighted by molar-refractivity contribution is -0.124. The Morgan fingerprint density at radius 3 is 2.52 bits per heavy atom. The minimum Gasteiger partial charge on any atom is -0.497 e. The lowest BCUT2D eigenvalue weighted by Crippen LogP contribution is -2.64. The lowest BCUT2D eigenvalue weighted by atomic mass is 9.92. The monoisotopic (exact) mass is 458 g/mol.